The second kappa shape index (κ2) is 6.59. The number of thioether (sulfide) groups is 1. The molecule has 0 N–H and O–H groups in total. The summed E-state index contributed by atoms with van der Waals surface area (Å²) in [4.78, 5) is 4.29. The molecule has 15 heavy (non-hydrogen) atoms. The van der Waals surface area contributed by atoms with Crippen LogP contribution in [0.2, 0.25) is 0 Å². The molecule has 0 aromatic carbocycles. The molecule has 1 nitrogen and oxygen atoms in total. The van der Waals surface area contributed by atoms with E-state index in [1.165, 1.54) is 70.3 Å². The zero-order chi connectivity index (χ0) is 10.3. The van der Waals surface area contributed by atoms with Gasteiger partial charge in [-0.1, -0.05) is 6.08 Å². The minimum absolute atomic E-state index is 1.33. The van der Waals surface area contributed by atoms with Crippen LogP contribution in [0.15, 0.2) is 11.0 Å². The standard InChI is InChI=1S/C13H23NS/c1-2-7-13(8-3-1)15-12-6-11-14-9-4-5-10-14/h7H,1-6,8-12H2. The average molecular weight is 225 g/mol. The van der Waals surface area contributed by atoms with Crippen LogP contribution in [-0.2, 0) is 0 Å². The van der Waals surface area contributed by atoms with Crippen molar-refractivity contribution in [3.05, 3.63) is 11.0 Å². The molecule has 0 atom stereocenters. The van der Waals surface area contributed by atoms with Crippen LogP contribution in [0, 0.1) is 0 Å². The van der Waals surface area contributed by atoms with Gasteiger partial charge in [0.15, 0.2) is 0 Å². The van der Waals surface area contributed by atoms with E-state index in [1.54, 1.807) is 4.91 Å². The molecule has 0 spiro atoms. The average Bonchev–Trinajstić information content (AvgIpc) is 2.79. The van der Waals surface area contributed by atoms with Gasteiger partial charge in [-0.3, -0.25) is 0 Å². The maximum absolute atomic E-state index is 2.62. The SMILES string of the molecule is C1=C(SCCCN2CCCC2)CCCC1. The quantitative estimate of drug-likeness (QED) is 0.657. The number of rotatable bonds is 5. The Labute approximate surface area is 98.3 Å². The second-order valence-corrected chi connectivity index (χ2v) is 5.89. The first-order valence-electron chi connectivity index (χ1n) is 6.49. The molecule has 0 unspecified atom stereocenters. The molecule has 1 heterocycles. The van der Waals surface area contributed by atoms with Gasteiger partial charge in [0.1, 0.15) is 0 Å². The van der Waals surface area contributed by atoms with Crippen molar-refractivity contribution in [3.63, 3.8) is 0 Å². The number of hydrogen-bond donors (Lipinski definition) is 0. The molecule has 0 radical (unpaired) electrons. The third kappa shape index (κ3) is 4.20. The van der Waals surface area contributed by atoms with Gasteiger partial charge in [0.2, 0.25) is 0 Å². The molecule has 0 saturated carbocycles. The topological polar surface area (TPSA) is 3.24 Å². The molecule has 2 aliphatic rings. The van der Waals surface area contributed by atoms with Crippen molar-refractivity contribution in [2.45, 2.75) is 44.9 Å². The van der Waals surface area contributed by atoms with Gasteiger partial charge < -0.3 is 4.90 Å². The monoisotopic (exact) mass is 225 g/mol. The highest BCUT2D eigenvalue weighted by molar-refractivity contribution is 8.03. The van der Waals surface area contributed by atoms with Crippen LogP contribution in [-0.4, -0.2) is 30.3 Å². The van der Waals surface area contributed by atoms with Crippen molar-refractivity contribution < 1.29 is 0 Å². The van der Waals surface area contributed by atoms with Crippen molar-refractivity contribution in [2.75, 3.05) is 25.4 Å². The van der Waals surface area contributed by atoms with E-state index in [-0.39, 0.29) is 0 Å². The van der Waals surface area contributed by atoms with E-state index >= 15 is 0 Å². The Hall–Kier alpha value is 0.0500. The predicted octanol–water partition coefficient (Wildman–Crippen LogP) is 3.66. The summed E-state index contributed by atoms with van der Waals surface area (Å²) in [6.45, 7) is 4.04. The molecular formula is C13H23NS. The Kier molecular flexibility index (Phi) is 5.07. The third-order valence-corrected chi connectivity index (χ3v) is 4.59. The van der Waals surface area contributed by atoms with E-state index in [1.807, 2.05) is 0 Å². The zero-order valence-electron chi connectivity index (χ0n) is 9.71. The molecule has 86 valence electrons. The lowest BCUT2D eigenvalue weighted by Gasteiger charge is -2.15. The summed E-state index contributed by atoms with van der Waals surface area (Å²) in [6, 6.07) is 0. The molecule has 1 saturated heterocycles. The van der Waals surface area contributed by atoms with Crippen LogP contribution in [0.5, 0.6) is 0 Å². The van der Waals surface area contributed by atoms with Crippen molar-refractivity contribution in [2.24, 2.45) is 0 Å². The fourth-order valence-corrected chi connectivity index (χ4v) is 3.50. The second-order valence-electron chi connectivity index (χ2n) is 4.67. The lowest BCUT2D eigenvalue weighted by molar-refractivity contribution is 0.341. The van der Waals surface area contributed by atoms with Gasteiger partial charge in [0.25, 0.3) is 0 Å². The van der Waals surface area contributed by atoms with Crippen LogP contribution in [0.25, 0.3) is 0 Å². The summed E-state index contributed by atoms with van der Waals surface area (Å²) in [5.74, 6) is 1.34. The summed E-state index contributed by atoms with van der Waals surface area (Å²) < 4.78 is 0. The van der Waals surface area contributed by atoms with Crippen LogP contribution in [0.4, 0.5) is 0 Å². The maximum Gasteiger partial charge on any atom is -0.00108 e. The first-order chi connectivity index (χ1) is 7.45. The fraction of sp³-hybridized carbons (Fsp3) is 0.846. The predicted molar refractivity (Wildman–Crippen MR) is 69.3 cm³/mol. The molecule has 0 aromatic rings. The zero-order valence-corrected chi connectivity index (χ0v) is 10.5. The van der Waals surface area contributed by atoms with Crippen molar-refractivity contribution in [1.82, 2.24) is 4.90 Å². The van der Waals surface area contributed by atoms with Crippen LogP contribution >= 0.6 is 11.8 Å². The van der Waals surface area contributed by atoms with E-state index in [2.05, 4.69) is 22.7 Å². The van der Waals surface area contributed by atoms with Gasteiger partial charge in [0, 0.05) is 0 Å². The number of likely N-dealkylation sites (tertiary alicyclic amines) is 1. The van der Waals surface area contributed by atoms with Crippen molar-refractivity contribution in [3.8, 4) is 0 Å². The summed E-state index contributed by atoms with van der Waals surface area (Å²) in [7, 11) is 0. The Balaban J connectivity index is 1.52. The summed E-state index contributed by atoms with van der Waals surface area (Å²) >= 11 is 2.12. The van der Waals surface area contributed by atoms with Gasteiger partial charge in [-0.15, -0.1) is 11.8 Å². The molecule has 1 aliphatic heterocycles. The van der Waals surface area contributed by atoms with E-state index in [4.69, 9.17) is 0 Å². The highest BCUT2D eigenvalue weighted by Crippen LogP contribution is 2.27. The number of nitrogens with zero attached hydrogens (tertiary/aromatic N) is 1. The highest BCUT2D eigenvalue weighted by atomic mass is 32.2. The smallest absolute Gasteiger partial charge is 0.00108 e. The molecule has 0 amide bonds. The minimum atomic E-state index is 1.33. The summed E-state index contributed by atoms with van der Waals surface area (Å²) in [6.07, 6.45) is 12.2. The van der Waals surface area contributed by atoms with Gasteiger partial charge in [-0.25, -0.2) is 0 Å². The molecule has 2 rings (SSSR count). The van der Waals surface area contributed by atoms with Gasteiger partial charge in [-0.2, -0.15) is 0 Å². The lowest BCUT2D eigenvalue weighted by atomic mass is 10.1. The largest absolute Gasteiger partial charge is 0.303 e. The van der Waals surface area contributed by atoms with E-state index in [9.17, 15) is 0 Å². The van der Waals surface area contributed by atoms with Crippen LogP contribution in [0.3, 0.4) is 0 Å². The maximum atomic E-state index is 2.62. The molecule has 0 bridgehead atoms. The first-order valence-corrected chi connectivity index (χ1v) is 7.48. The minimum Gasteiger partial charge on any atom is -0.303 e. The van der Waals surface area contributed by atoms with Gasteiger partial charge >= 0.3 is 0 Å². The highest BCUT2D eigenvalue weighted by Gasteiger charge is 2.10. The van der Waals surface area contributed by atoms with Gasteiger partial charge in [0.05, 0.1) is 0 Å². The van der Waals surface area contributed by atoms with Crippen LogP contribution in [0.1, 0.15) is 44.9 Å². The van der Waals surface area contributed by atoms with Gasteiger partial charge in [-0.05, 0) is 75.2 Å². The number of hydrogen-bond acceptors (Lipinski definition) is 2. The van der Waals surface area contributed by atoms with Crippen LogP contribution < -0.4 is 0 Å². The molecule has 2 heteroatoms. The Morgan fingerprint density at radius 2 is 2.00 bits per heavy atom. The molecule has 0 aromatic heterocycles. The Morgan fingerprint density at radius 3 is 2.73 bits per heavy atom. The Morgan fingerprint density at radius 1 is 1.13 bits per heavy atom. The lowest BCUT2D eigenvalue weighted by Crippen LogP contribution is -2.20. The molecular weight excluding hydrogens is 202 g/mol. The molecule has 1 aliphatic carbocycles. The third-order valence-electron chi connectivity index (χ3n) is 3.35. The van der Waals surface area contributed by atoms with Crippen molar-refractivity contribution in [1.29, 1.82) is 0 Å². The summed E-state index contributed by atoms with van der Waals surface area (Å²) in [5.41, 5.74) is 0. The van der Waals surface area contributed by atoms with E-state index in [0.717, 1.165) is 0 Å². The number of allylic oxidation sites excluding steroid dienone is 2. The van der Waals surface area contributed by atoms with E-state index in [0.29, 0.717) is 0 Å². The summed E-state index contributed by atoms with van der Waals surface area (Å²) in [5, 5.41) is 0. The molecule has 1 fully saturated rings. The first kappa shape index (κ1) is 11.5. The van der Waals surface area contributed by atoms with Crippen molar-refractivity contribution >= 4 is 11.8 Å². The normalized spacial score (nSPS) is 23.1. The van der Waals surface area contributed by atoms with E-state index < -0.39 is 0 Å². The Bertz CT molecular complexity index is 207. The fourth-order valence-electron chi connectivity index (χ4n) is 2.44.